The second-order valence-electron chi connectivity index (χ2n) is 5.99. The highest BCUT2D eigenvalue weighted by Crippen LogP contribution is 2.60. The van der Waals surface area contributed by atoms with Gasteiger partial charge in [0, 0.05) is 5.56 Å². The first-order valence-corrected chi connectivity index (χ1v) is 7.76. The van der Waals surface area contributed by atoms with Crippen LogP contribution in [0.2, 0.25) is 0 Å². The number of rotatable bonds is 8. The number of carbonyl (C=O) groups excluding carboxylic acids is 1. The average Bonchev–Trinajstić information content (AvgIpc) is 2.67. The van der Waals surface area contributed by atoms with E-state index in [1.165, 1.54) is 0 Å². The van der Waals surface area contributed by atoms with Gasteiger partial charge < -0.3 is 9.84 Å². The largest absolute Gasteiger partial charge is 0.507 e. The fourth-order valence-electron chi connectivity index (χ4n) is 1.91. The van der Waals surface area contributed by atoms with Gasteiger partial charge in [0.15, 0.2) is 0 Å². The molecule has 1 rings (SSSR count). The van der Waals surface area contributed by atoms with Crippen LogP contribution in [-0.4, -0.2) is 60.1 Å². The molecule has 0 bridgehead atoms. The van der Waals surface area contributed by atoms with E-state index in [9.17, 15) is 67.0 Å². The number of phenolic OH excluding ortho intramolecular Hbond substituents is 1. The number of ether oxygens (including phenoxy) is 1. The highest BCUT2D eigenvalue weighted by Gasteiger charge is 2.91. The zero-order valence-corrected chi connectivity index (χ0v) is 15.4. The molecule has 0 aliphatic rings. The summed E-state index contributed by atoms with van der Waals surface area (Å²) in [7, 11) is 1.12. The monoisotopic (exact) mass is 512 g/mol. The van der Waals surface area contributed by atoms with E-state index < -0.39 is 53.0 Å². The molecule has 0 aliphatic carbocycles. The quantitative estimate of drug-likeness (QED) is 0.304. The van der Waals surface area contributed by atoms with E-state index >= 15 is 0 Å². The van der Waals surface area contributed by atoms with E-state index in [0.717, 1.165) is 25.3 Å². The molecule has 33 heavy (non-hydrogen) atoms. The zero-order chi connectivity index (χ0) is 26.3. The SMILES string of the molecule is COc1ccc(O)c(/C=N/NC(=O)C(F)(F)C(F)(F)C(F)(F)C(F)(F)C(F)(F)C(F)(F)F)c1. The van der Waals surface area contributed by atoms with E-state index in [1.807, 2.05) is 0 Å². The van der Waals surface area contributed by atoms with Gasteiger partial charge in [-0.05, 0) is 18.2 Å². The number of nitrogens with zero attached hydrogens (tertiary/aromatic N) is 1. The molecular formula is C15H9F13N2O3. The minimum atomic E-state index is -8.12. The van der Waals surface area contributed by atoms with Crippen LogP contribution in [0.25, 0.3) is 0 Å². The molecule has 1 aromatic rings. The Labute approximate surface area is 173 Å². The van der Waals surface area contributed by atoms with Crippen molar-refractivity contribution in [2.45, 2.75) is 35.8 Å². The Bertz CT molecular complexity index is 913. The topological polar surface area (TPSA) is 70.9 Å². The molecule has 5 nitrogen and oxygen atoms in total. The minimum absolute atomic E-state index is 0.00935. The van der Waals surface area contributed by atoms with Gasteiger partial charge in [0.05, 0.1) is 13.3 Å². The van der Waals surface area contributed by atoms with Crippen molar-refractivity contribution < 1.29 is 71.7 Å². The Balaban J connectivity index is 3.27. The van der Waals surface area contributed by atoms with Crippen LogP contribution >= 0.6 is 0 Å². The molecule has 0 aromatic heterocycles. The third-order valence-electron chi connectivity index (χ3n) is 3.82. The molecule has 0 radical (unpaired) electrons. The molecule has 0 aliphatic heterocycles. The van der Waals surface area contributed by atoms with Crippen LogP contribution in [0.5, 0.6) is 11.5 Å². The van der Waals surface area contributed by atoms with Crippen LogP contribution in [0.3, 0.4) is 0 Å². The standard InChI is InChI=1S/C15H9F13N2O3/c1-33-7-2-3-8(31)6(4-7)5-29-30-9(32)10(16,17)11(18,19)12(20,21)13(22,23)14(24,25)15(26,27)28/h2-5,31H,1H3,(H,30,32)/b29-5+. The van der Waals surface area contributed by atoms with Gasteiger partial charge in [-0.15, -0.1) is 0 Å². The summed E-state index contributed by atoms with van der Waals surface area (Å²) in [6.45, 7) is 0. The number of hydrogen-bond donors (Lipinski definition) is 2. The number of halogens is 13. The van der Waals surface area contributed by atoms with Crippen LogP contribution < -0.4 is 10.2 Å². The Morgan fingerprint density at radius 2 is 1.36 bits per heavy atom. The maximum atomic E-state index is 13.6. The fourth-order valence-corrected chi connectivity index (χ4v) is 1.91. The number of hydrogen-bond acceptors (Lipinski definition) is 4. The van der Waals surface area contributed by atoms with Gasteiger partial charge in [0.1, 0.15) is 11.5 Å². The summed E-state index contributed by atoms with van der Waals surface area (Å²) in [6, 6.07) is 3.00. The van der Waals surface area contributed by atoms with Crippen molar-refractivity contribution in [2.24, 2.45) is 5.10 Å². The third kappa shape index (κ3) is 4.46. The molecule has 2 N–H and O–H groups in total. The normalized spacial score (nSPS) is 14.5. The Hall–Kier alpha value is -2.95. The molecule has 188 valence electrons. The lowest BCUT2D eigenvalue weighted by atomic mass is 9.93. The van der Waals surface area contributed by atoms with Crippen molar-refractivity contribution in [1.82, 2.24) is 5.43 Å². The number of aromatic hydroxyl groups is 1. The van der Waals surface area contributed by atoms with Gasteiger partial charge in [-0.25, -0.2) is 5.43 Å². The van der Waals surface area contributed by atoms with Gasteiger partial charge in [-0.1, -0.05) is 0 Å². The first-order chi connectivity index (χ1) is 14.6. The maximum absolute atomic E-state index is 13.6. The maximum Gasteiger partial charge on any atom is 0.460 e. The summed E-state index contributed by atoms with van der Waals surface area (Å²) >= 11 is 0. The summed E-state index contributed by atoms with van der Waals surface area (Å²) in [5, 5.41) is 12.0. The number of alkyl halides is 13. The molecule has 0 fully saturated rings. The molecular weight excluding hydrogens is 503 g/mol. The van der Waals surface area contributed by atoms with Gasteiger partial charge in [-0.2, -0.15) is 62.2 Å². The van der Waals surface area contributed by atoms with Crippen molar-refractivity contribution >= 4 is 12.1 Å². The number of methoxy groups -OCH3 is 1. The molecule has 0 heterocycles. The Morgan fingerprint density at radius 3 is 1.82 bits per heavy atom. The van der Waals surface area contributed by atoms with Gasteiger partial charge in [-0.3, -0.25) is 4.79 Å². The van der Waals surface area contributed by atoms with Crippen molar-refractivity contribution in [1.29, 1.82) is 0 Å². The summed E-state index contributed by atoms with van der Waals surface area (Å²) in [5.74, 6) is -43.2. The molecule has 0 saturated carbocycles. The second-order valence-corrected chi connectivity index (χ2v) is 5.99. The highest BCUT2D eigenvalue weighted by atomic mass is 19.4. The number of carbonyl (C=O) groups is 1. The molecule has 1 amide bonds. The number of nitrogens with one attached hydrogen (secondary N) is 1. The predicted octanol–water partition coefficient (Wildman–Crippen LogP) is 4.59. The van der Waals surface area contributed by atoms with Crippen LogP contribution in [-0.2, 0) is 4.79 Å². The third-order valence-corrected chi connectivity index (χ3v) is 3.82. The first-order valence-electron chi connectivity index (χ1n) is 7.76. The van der Waals surface area contributed by atoms with E-state index in [-0.39, 0.29) is 12.0 Å². The molecule has 0 unspecified atom stereocenters. The lowest BCUT2D eigenvalue weighted by Crippen LogP contribution is -2.71. The van der Waals surface area contributed by atoms with Crippen LogP contribution in [0.1, 0.15) is 5.56 Å². The van der Waals surface area contributed by atoms with Crippen molar-refractivity contribution in [3.8, 4) is 11.5 Å². The molecule has 0 atom stereocenters. The number of hydrazone groups is 1. The van der Waals surface area contributed by atoms with Gasteiger partial charge >= 0.3 is 41.7 Å². The van der Waals surface area contributed by atoms with E-state index in [1.54, 1.807) is 0 Å². The zero-order valence-electron chi connectivity index (χ0n) is 15.4. The molecule has 0 spiro atoms. The van der Waals surface area contributed by atoms with E-state index in [4.69, 9.17) is 0 Å². The van der Waals surface area contributed by atoms with Crippen LogP contribution in [0.15, 0.2) is 23.3 Å². The number of phenols is 1. The minimum Gasteiger partial charge on any atom is -0.507 e. The average molecular weight is 512 g/mol. The first kappa shape index (κ1) is 28.1. The van der Waals surface area contributed by atoms with E-state index in [2.05, 4.69) is 9.84 Å². The smallest absolute Gasteiger partial charge is 0.460 e. The lowest BCUT2D eigenvalue weighted by molar-refractivity contribution is -0.436. The molecule has 0 saturated heterocycles. The Morgan fingerprint density at radius 1 is 0.879 bits per heavy atom. The summed E-state index contributed by atoms with van der Waals surface area (Å²) < 4.78 is 173. The van der Waals surface area contributed by atoms with E-state index in [0.29, 0.717) is 5.43 Å². The highest BCUT2D eigenvalue weighted by molar-refractivity contribution is 5.88. The fraction of sp³-hybridized carbons (Fsp3) is 0.467. The number of amides is 1. The van der Waals surface area contributed by atoms with Crippen LogP contribution in [0.4, 0.5) is 57.1 Å². The van der Waals surface area contributed by atoms with Crippen molar-refractivity contribution in [3.63, 3.8) is 0 Å². The van der Waals surface area contributed by atoms with Gasteiger partial charge in [0.2, 0.25) is 0 Å². The molecule has 18 heteroatoms. The second kappa shape index (κ2) is 8.44. The van der Waals surface area contributed by atoms with Gasteiger partial charge in [0.25, 0.3) is 0 Å². The summed E-state index contributed by atoms with van der Waals surface area (Å²) in [4.78, 5) is 11.2. The van der Waals surface area contributed by atoms with Crippen molar-refractivity contribution in [3.05, 3.63) is 23.8 Å². The molecule has 1 aromatic carbocycles. The lowest BCUT2D eigenvalue weighted by Gasteiger charge is -2.38. The Kier molecular flexibility index (Phi) is 7.18. The van der Waals surface area contributed by atoms with Crippen LogP contribution in [0, 0.1) is 0 Å². The predicted molar refractivity (Wildman–Crippen MR) is 81.2 cm³/mol. The summed E-state index contributed by atoms with van der Waals surface area (Å²) in [5.41, 5.74) is 0.0430. The number of benzene rings is 1. The van der Waals surface area contributed by atoms with Crippen molar-refractivity contribution in [2.75, 3.05) is 7.11 Å². The summed E-state index contributed by atoms with van der Waals surface area (Å²) in [6.07, 6.45) is -7.30.